The summed E-state index contributed by atoms with van der Waals surface area (Å²) in [7, 11) is 3.79. The molecule has 35 heavy (non-hydrogen) atoms. The monoisotopic (exact) mass is 481 g/mol. The van der Waals surface area contributed by atoms with Gasteiger partial charge in [-0.1, -0.05) is 0 Å². The Labute approximate surface area is 202 Å². The van der Waals surface area contributed by atoms with Gasteiger partial charge in [0.15, 0.2) is 0 Å². The maximum atomic E-state index is 15.1. The number of aromatic nitrogens is 2. The number of nitrogens with zero attached hydrogens (tertiary/aromatic N) is 6. The molecule has 1 aromatic heterocycles. The zero-order valence-corrected chi connectivity index (χ0v) is 19.8. The van der Waals surface area contributed by atoms with E-state index in [1.165, 1.54) is 11.0 Å². The van der Waals surface area contributed by atoms with Crippen molar-refractivity contribution in [1.29, 1.82) is 0 Å². The third-order valence-corrected chi connectivity index (χ3v) is 6.80. The third-order valence-electron chi connectivity index (χ3n) is 6.80. The van der Waals surface area contributed by atoms with Crippen LogP contribution in [0.25, 0.3) is 0 Å². The number of hydrogen-bond donors (Lipinski definition) is 1. The molecule has 3 amide bonds. The standard InChI is InChI=1S/C24H28FN7O3/c1-29(2)24-26-11-15(12-27-24)13-30-5-7-31(8-6-30)20-9-16-14-32(23(35)17(16)10-18(20)25)19-3-4-21(33)28-22(19)34/h9-12,19H,3-8,13-14H2,1-2H3,(H,28,33,34). The van der Waals surface area contributed by atoms with Crippen LogP contribution in [0.5, 0.6) is 0 Å². The molecule has 184 valence electrons. The van der Waals surface area contributed by atoms with Crippen LogP contribution >= 0.6 is 0 Å². The summed E-state index contributed by atoms with van der Waals surface area (Å²) in [5.74, 6) is -0.946. The van der Waals surface area contributed by atoms with E-state index in [0.717, 1.165) is 25.2 Å². The zero-order chi connectivity index (χ0) is 24.7. The van der Waals surface area contributed by atoms with E-state index in [1.54, 1.807) is 6.07 Å². The van der Waals surface area contributed by atoms with Crippen molar-refractivity contribution in [2.75, 3.05) is 50.1 Å². The molecule has 0 radical (unpaired) electrons. The second-order valence-corrected chi connectivity index (χ2v) is 9.41. The van der Waals surface area contributed by atoms with Gasteiger partial charge in [0.1, 0.15) is 11.9 Å². The number of imide groups is 1. The highest BCUT2D eigenvalue weighted by Gasteiger charge is 2.40. The van der Waals surface area contributed by atoms with Crippen LogP contribution in [-0.2, 0) is 22.7 Å². The number of anilines is 2. The summed E-state index contributed by atoms with van der Waals surface area (Å²) in [6.07, 6.45) is 4.14. The molecule has 1 aromatic carbocycles. The first kappa shape index (κ1) is 23.2. The minimum atomic E-state index is -0.710. The van der Waals surface area contributed by atoms with Gasteiger partial charge in [-0.05, 0) is 24.1 Å². The van der Waals surface area contributed by atoms with Crippen molar-refractivity contribution in [3.05, 3.63) is 47.0 Å². The van der Waals surface area contributed by atoms with Crippen molar-refractivity contribution in [2.24, 2.45) is 0 Å². The van der Waals surface area contributed by atoms with Gasteiger partial charge in [-0.2, -0.15) is 0 Å². The summed E-state index contributed by atoms with van der Waals surface area (Å²) in [5, 5.41) is 2.29. The number of nitrogens with one attached hydrogen (secondary N) is 1. The fourth-order valence-electron chi connectivity index (χ4n) is 4.88. The molecule has 0 aliphatic carbocycles. The molecule has 3 aliphatic rings. The minimum absolute atomic E-state index is 0.187. The summed E-state index contributed by atoms with van der Waals surface area (Å²) in [6.45, 7) is 3.77. The number of piperazine rings is 1. The maximum Gasteiger partial charge on any atom is 0.255 e. The van der Waals surface area contributed by atoms with Crippen molar-refractivity contribution >= 4 is 29.4 Å². The van der Waals surface area contributed by atoms with Crippen molar-refractivity contribution in [2.45, 2.75) is 32.0 Å². The van der Waals surface area contributed by atoms with Gasteiger partial charge in [-0.15, -0.1) is 0 Å². The van der Waals surface area contributed by atoms with E-state index >= 15 is 4.39 Å². The number of piperidine rings is 1. The summed E-state index contributed by atoms with van der Waals surface area (Å²) in [5.41, 5.74) is 2.49. The molecule has 0 bridgehead atoms. The lowest BCUT2D eigenvalue weighted by Crippen LogP contribution is -2.52. The number of fused-ring (bicyclic) bond motifs is 1. The number of halogens is 1. The van der Waals surface area contributed by atoms with Gasteiger partial charge in [-0.3, -0.25) is 24.6 Å². The van der Waals surface area contributed by atoms with Gasteiger partial charge >= 0.3 is 0 Å². The first-order chi connectivity index (χ1) is 16.8. The molecule has 1 N–H and O–H groups in total. The molecule has 4 heterocycles. The Morgan fingerprint density at radius 2 is 1.80 bits per heavy atom. The van der Waals surface area contributed by atoms with Gasteiger partial charge < -0.3 is 14.7 Å². The first-order valence-electron chi connectivity index (χ1n) is 11.7. The second kappa shape index (κ2) is 9.21. The van der Waals surface area contributed by atoms with Gasteiger partial charge in [0.25, 0.3) is 5.91 Å². The fraction of sp³-hybridized carbons (Fsp3) is 0.458. The summed E-state index contributed by atoms with van der Waals surface area (Å²) >= 11 is 0. The Balaban J connectivity index is 1.23. The predicted molar refractivity (Wildman–Crippen MR) is 126 cm³/mol. The average molecular weight is 482 g/mol. The molecule has 11 heteroatoms. The molecule has 1 atom stereocenters. The number of carbonyl (C=O) groups excluding carboxylic acids is 3. The van der Waals surface area contributed by atoms with Crippen LogP contribution in [0, 0.1) is 5.82 Å². The van der Waals surface area contributed by atoms with Crippen molar-refractivity contribution < 1.29 is 18.8 Å². The van der Waals surface area contributed by atoms with Crippen LogP contribution in [0.2, 0.25) is 0 Å². The van der Waals surface area contributed by atoms with Crippen LogP contribution in [0.15, 0.2) is 24.5 Å². The molecule has 3 aliphatic heterocycles. The third kappa shape index (κ3) is 4.55. The van der Waals surface area contributed by atoms with Gasteiger partial charge in [0.05, 0.1) is 5.69 Å². The highest BCUT2D eigenvalue weighted by Crippen LogP contribution is 2.33. The lowest BCUT2D eigenvalue weighted by Gasteiger charge is -2.36. The van der Waals surface area contributed by atoms with Crippen molar-refractivity contribution in [1.82, 2.24) is 25.1 Å². The number of amides is 3. The van der Waals surface area contributed by atoms with E-state index < -0.39 is 17.8 Å². The van der Waals surface area contributed by atoms with Crippen LogP contribution in [-0.4, -0.2) is 83.8 Å². The molecule has 5 rings (SSSR count). The number of rotatable bonds is 5. The summed E-state index contributed by atoms with van der Waals surface area (Å²) in [4.78, 5) is 52.9. The van der Waals surface area contributed by atoms with E-state index in [4.69, 9.17) is 0 Å². The number of benzene rings is 1. The molecular weight excluding hydrogens is 453 g/mol. The molecule has 2 saturated heterocycles. The molecule has 0 saturated carbocycles. The van der Waals surface area contributed by atoms with E-state index in [0.29, 0.717) is 30.3 Å². The van der Waals surface area contributed by atoms with Crippen molar-refractivity contribution in [3.63, 3.8) is 0 Å². The Kier molecular flexibility index (Phi) is 6.10. The van der Waals surface area contributed by atoms with Crippen LogP contribution in [0.1, 0.15) is 34.3 Å². The van der Waals surface area contributed by atoms with Crippen LogP contribution in [0.3, 0.4) is 0 Å². The highest BCUT2D eigenvalue weighted by atomic mass is 19.1. The molecule has 0 spiro atoms. The van der Waals surface area contributed by atoms with Crippen molar-refractivity contribution in [3.8, 4) is 0 Å². The summed E-state index contributed by atoms with van der Waals surface area (Å²) < 4.78 is 15.1. The largest absolute Gasteiger partial charge is 0.367 e. The smallest absolute Gasteiger partial charge is 0.255 e. The van der Waals surface area contributed by atoms with Gasteiger partial charge in [-0.25, -0.2) is 14.4 Å². The maximum absolute atomic E-state index is 15.1. The second-order valence-electron chi connectivity index (χ2n) is 9.41. The quantitative estimate of drug-likeness (QED) is 0.625. The van der Waals surface area contributed by atoms with E-state index in [1.807, 2.05) is 36.3 Å². The highest BCUT2D eigenvalue weighted by molar-refractivity contribution is 6.05. The van der Waals surface area contributed by atoms with Gasteiger partial charge in [0, 0.05) is 83.3 Å². The average Bonchev–Trinajstić information content (AvgIpc) is 3.14. The Morgan fingerprint density at radius 1 is 1.09 bits per heavy atom. The van der Waals surface area contributed by atoms with Crippen LogP contribution < -0.4 is 15.1 Å². The number of hydrogen-bond acceptors (Lipinski definition) is 8. The topological polar surface area (TPSA) is 102 Å². The SMILES string of the molecule is CN(C)c1ncc(CN2CCN(c3cc4c(cc3F)C(=O)N(C3CCC(=O)NC3=O)C4)CC2)cn1. The molecular formula is C24H28FN7O3. The Bertz CT molecular complexity index is 1160. The minimum Gasteiger partial charge on any atom is -0.367 e. The lowest BCUT2D eigenvalue weighted by molar-refractivity contribution is -0.136. The predicted octanol–water partition coefficient (Wildman–Crippen LogP) is 0.765. The van der Waals surface area contributed by atoms with E-state index in [9.17, 15) is 14.4 Å². The molecule has 10 nitrogen and oxygen atoms in total. The Hall–Kier alpha value is -3.60. The normalized spacial score (nSPS) is 20.8. The number of carbonyl (C=O) groups is 3. The molecule has 2 fully saturated rings. The lowest BCUT2D eigenvalue weighted by atomic mass is 10.0. The Morgan fingerprint density at radius 3 is 2.46 bits per heavy atom. The summed E-state index contributed by atoms with van der Waals surface area (Å²) in [6, 6.07) is 2.31. The molecule has 2 aromatic rings. The fourth-order valence-corrected chi connectivity index (χ4v) is 4.88. The van der Waals surface area contributed by atoms with E-state index in [2.05, 4.69) is 20.2 Å². The molecule has 1 unspecified atom stereocenters. The first-order valence-corrected chi connectivity index (χ1v) is 11.7. The zero-order valence-electron chi connectivity index (χ0n) is 19.8. The van der Waals surface area contributed by atoms with Crippen LogP contribution in [0.4, 0.5) is 16.0 Å². The van der Waals surface area contributed by atoms with E-state index in [-0.39, 0.29) is 36.8 Å². The van der Waals surface area contributed by atoms with Gasteiger partial charge in [0.2, 0.25) is 17.8 Å².